The van der Waals surface area contributed by atoms with E-state index < -0.39 is 0 Å². The lowest BCUT2D eigenvalue weighted by Crippen LogP contribution is -2.52. The molecule has 2 rings (SSSR count). The van der Waals surface area contributed by atoms with Crippen LogP contribution in [0.5, 0.6) is 0 Å². The first kappa shape index (κ1) is 14.8. The minimum absolute atomic E-state index is 0.600. The molecule has 2 unspecified atom stereocenters. The lowest BCUT2D eigenvalue weighted by molar-refractivity contribution is 0.138. The van der Waals surface area contributed by atoms with E-state index >= 15 is 0 Å². The molecule has 0 amide bonds. The molecule has 1 aliphatic heterocycles. The quantitative estimate of drug-likeness (QED) is 0.775. The van der Waals surface area contributed by atoms with E-state index in [9.17, 15) is 0 Å². The third kappa shape index (κ3) is 4.78. The Bertz CT molecular complexity index is 291. The molecule has 1 aliphatic carbocycles. The summed E-state index contributed by atoms with van der Waals surface area (Å²) in [7, 11) is 0. The highest BCUT2D eigenvalue weighted by molar-refractivity contribution is 4.89. The molecular formula is C16H29N3. The SMILES string of the molecule is CCCC1CC(NC2CCCCC2)CN(CC#N)C1. The third-order valence-electron chi connectivity index (χ3n) is 4.68. The summed E-state index contributed by atoms with van der Waals surface area (Å²) in [4.78, 5) is 2.35. The van der Waals surface area contributed by atoms with Gasteiger partial charge in [0.15, 0.2) is 0 Å². The van der Waals surface area contributed by atoms with Crippen LogP contribution in [0.1, 0.15) is 58.3 Å². The highest BCUT2D eigenvalue weighted by Crippen LogP contribution is 2.24. The van der Waals surface area contributed by atoms with Gasteiger partial charge >= 0.3 is 0 Å². The second-order valence-electron chi connectivity index (χ2n) is 6.44. The molecule has 2 atom stereocenters. The van der Waals surface area contributed by atoms with E-state index in [1.165, 1.54) is 51.4 Å². The maximum absolute atomic E-state index is 8.93. The lowest BCUT2D eigenvalue weighted by atomic mass is 9.88. The van der Waals surface area contributed by atoms with E-state index in [1.807, 2.05) is 0 Å². The maximum Gasteiger partial charge on any atom is 0.0866 e. The summed E-state index contributed by atoms with van der Waals surface area (Å²) in [5.41, 5.74) is 0. The van der Waals surface area contributed by atoms with Crippen LogP contribution in [0.25, 0.3) is 0 Å². The fourth-order valence-corrected chi connectivity index (χ4v) is 3.87. The van der Waals surface area contributed by atoms with Crippen molar-refractivity contribution < 1.29 is 0 Å². The summed E-state index contributed by atoms with van der Waals surface area (Å²) in [6.45, 7) is 5.07. The normalized spacial score (nSPS) is 30.1. The Morgan fingerprint density at radius 2 is 1.95 bits per heavy atom. The van der Waals surface area contributed by atoms with Crippen LogP contribution in [-0.2, 0) is 0 Å². The number of rotatable bonds is 5. The predicted octanol–water partition coefficient (Wildman–Crippen LogP) is 2.92. The molecule has 0 aromatic rings. The maximum atomic E-state index is 8.93. The zero-order valence-electron chi connectivity index (χ0n) is 12.4. The van der Waals surface area contributed by atoms with Gasteiger partial charge in [-0.3, -0.25) is 4.90 Å². The van der Waals surface area contributed by atoms with Crippen molar-refractivity contribution in [3.05, 3.63) is 0 Å². The topological polar surface area (TPSA) is 39.1 Å². The molecule has 3 heteroatoms. The second-order valence-corrected chi connectivity index (χ2v) is 6.44. The van der Waals surface area contributed by atoms with Crippen LogP contribution in [0, 0.1) is 17.2 Å². The molecule has 0 spiro atoms. The number of hydrogen-bond donors (Lipinski definition) is 1. The van der Waals surface area contributed by atoms with E-state index in [-0.39, 0.29) is 0 Å². The summed E-state index contributed by atoms with van der Waals surface area (Å²) in [5.74, 6) is 0.785. The number of likely N-dealkylation sites (tertiary alicyclic amines) is 1. The Balaban J connectivity index is 1.84. The average molecular weight is 263 g/mol. The molecule has 0 aromatic carbocycles. The van der Waals surface area contributed by atoms with Crippen molar-refractivity contribution in [2.75, 3.05) is 19.6 Å². The van der Waals surface area contributed by atoms with Gasteiger partial charge in [-0.25, -0.2) is 0 Å². The van der Waals surface area contributed by atoms with Crippen LogP contribution in [0.3, 0.4) is 0 Å². The summed E-state index contributed by atoms with van der Waals surface area (Å²) < 4.78 is 0. The van der Waals surface area contributed by atoms with E-state index in [0.717, 1.165) is 25.0 Å². The average Bonchev–Trinajstić information content (AvgIpc) is 2.40. The molecule has 2 aliphatic rings. The van der Waals surface area contributed by atoms with Crippen molar-refractivity contribution in [2.45, 2.75) is 70.4 Å². The fourth-order valence-electron chi connectivity index (χ4n) is 3.87. The fraction of sp³-hybridized carbons (Fsp3) is 0.938. The Kier molecular flexibility index (Phi) is 6.13. The van der Waals surface area contributed by atoms with Crippen molar-refractivity contribution in [2.24, 2.45) is 5.92 Å². The predicted molar refractivity (Wildman–Crippen MR) is 78.9 cm³/mol. The molecule has 0 radical (unpaired) electrons. The molecule has 0 aromatic heterocycles. The van der Waals surface area contributed by atoms with Gasteiger partial charge in [-0.05, 0) is 31.6 Å². The largest absolute Gasteiger partial charge is 0.310 e. The van der Waals surface area contributed by atoms with Gasteiger partial charge < -0.3 is 5.32 Å². The summed E-state index contributed by atoms with van der Waals surface area (Å²) >= 11 is 0. The highest BCUT2D eigenvalue weighted by atomic mass is 15.2. The van der Waals surface area contributed by atoms with Crippen LogP contribution < -0.4 is 5.32 Å². The summed E-state index contributed by atoms with van der Waals surface area (Å²) in [5, 5.41) is 12.8. The first-order chi connectivity index (χ1) is 9.31. The molecule has 2 fully saturated rings. The van der Waals surface area contributed by atoms with Gasteiger partial charge in [0.1, 0.15) is 0 Å². The van der Waals surface area contributed by atoms with E-state index in [2.05, 4.69) is 23.2 Å². The molecule has 108 valence electrons. The zero-order valence-corrected chi connectivity index (χ0v) is 12.4. The van der Waals surface area contributed by atoms with Gasteiger partial charge in [0.05, 0.1) is 12.6 Å². The molecule has 1 N–H and O–H groups in total. The molecule has 19 heavy (non-hydrogen) atoms. The lowest BCUT2D eigenvalue weighted by Gasteiger charge is -2.39. The van der Waals surface area contributed by atoms with Crippen molar-refractivity contribution in [3.8, 4) is 6.07 Å². The van der Waals surface area contributed by atoms with Gasteiger partial charge in [0.2, 0.25) is 0 Å². The van der Waals surface area contributed by atoms with Gasteiger partial charge in [-0.1, -0.05) is 32.6 Å². The molecule has 1 saturated carbocycles. The van der Waals surface area contributed by atoms with Crippen LogP contribution in [0.2, 0.25) is 0 Å². The Hall–Kier alpha value is -0.590. The van der Waals surface area contributed by atoms with Gasteiger partial charge in [0, 0.05) is 25.2 Å². The minimum atomic E-state index is 0.600. The zero-order chi connectivity index (χ0) is 13.5. The number of nitrogens with zero attached hydrogens (tertiary/aromatic N) is 2. The first-order valence-corrected chi connectivity index (χ1v) is 8.17. The van der Waals surface area contributed by atoms with Crippen molar-refractivity contribution in [1.82, 2.24) is 10.2 Å². The van der Waals surface area contributed by atoms with Crippen molar-refractivity contribution in [1.29, 1.82) is 5.26 Å². The Morgan fingerprint density at radius 3 is 2.63 bits per heavy atom. The summed E-state index contributed by atoms with van der Waals surface area (Å²) in [6, 6.07) is 3.67. The van der Waals surface area contributed by atoms with Crippen molar-refractivity contribution in [3.63, 3.8) is 0 Å². The van der Waals surface area contributed by atoms with Crippen molar-refractivity contribution >= 4 is 0 Å². The summed E-state index contributed by atoms with van der Waals surface area (Å²) in [6.07, 6.45) is 10.8. The van der Waals surface area contributed by atoms with E-state index in [1.54, 1.807) is 0 Å². The van der Waals surface area contributed by atoms with Crippen LogP contribution >= 0.6 is 0 Å². The number of hydrogen-bond acceptors (Lipinski definition) is 3. The van der Waals surface area contributed by atoms with Crippen LogP contribution in [0.15, 0.2) is 0 Å². The number of nitrogens with one attached hydrogen (secondary N) is 1. The van der Waals surface area contributed by atoms with Gasteiger partial charge in [-0.15, -0.1) is 0 Å². The second kappa shape index (κ2) is 7.87. The highest BCUT2D eigenvalue weighted by Gasteiger charge is 2.28. The smallest absolute Gasteiger partial charge is 0.0866 e. The van der Waals surface area contributed by atoms with Gasteiger partial charge in [-0.2, -0.15) is 5.26 Å². The number of piperidine rings is 1. The Labute approximate surface area is 118 Å². The molecular weight excluding hydrogens is 234 g/mol. The monoisotopic (exact) mass is 263 g/mol. The first-order valence-electron chi connectivity index (χ1n) is 8.17. The standard InChI is InChI=1S/C16H29N3/c1-2-6-14-11-16(13-19(12-14)10-9-17)18-15-7-4-3-5-8-15/h14-16,18H,2-8,10-13H2,1H3. The van der Waals surface area contributed by atoms with E-state index in [4.69, 9.17) is 5.26 Å². The molecule has 1 saturated heterocycles. The third-order valence-corrected chi connectivity index (χ3v) is 4.68. The van der Waals surface area contributed by atoms with Crippen LogP contribution in [-0.4, -0.2) is 36.6 Å². The molecule has 1 heterocycles. The van der Waals surface area contributed by atoms with E-state index in [0.29, 0.717) is 12.6 Å². The molecule has 3 nitrogen and oxygen atoms in total. The Morgan fingerprint density at radius 1 is 1.16 bits per heavy atom. The molecule has 0 bridgehead atoms. The van der Waals surface area contributed by atoms with Gasteiger partial charge in [0.25, 0.3) is 0 Å². The minimum Gasteiger partial charge on any atom is -0.310 e. The number of nitriles is 1. The van der Waals surface area contributed by atoms with Crippen LogP contribution in [0.4, 0.5) is 0 Å².